The predicted octanol–water partition coefficient (Wildman–Crippen LogP) is 1.78. The largest absolute Gasteiger partial charge is 0.396 e. The summed E-state index contributed by atoms with van der Waals surface area (Å²) >= 11 is 6.21. The molecule has 4 nitrogen and oxygen atoms in total. The van der Waals surface area contributed by atoms with Gasteiger partial charge in [0, 0.05) is 17.5 Å². The molecule has 0 bridgehead atoms. The van der Waals surface area contributed by atoms with E-state index >= 15 is 0 Å². The van der Waals surface area contributed by atoms with E-state index in [0.717, 1.165) is 0 Å². The molecule has 3 atom stereocenters. The average Bonchev–Trinajstić information content (AvgIpc) is 2.42. The van der Waals surface area contributed by atoms with Crippen molar-refractivity contribution < 1.29 is 9.84 Å². The lowest BCUT2D eigenvalue weighted by Gasteiger charge is -2.43. The fourth-order valence-electron chi connectivity index (χ4n) is 2.56. The smallest absolute Gasteiger partial charge is 0.0991 e. The minimum atomic E-state index is -0.856. The topological polar surface area (TPSA) is 79.3 Å². The number of ether oxygens (including phenoxy) is 1. The van der Waals surface area contributed by atoms with Crippen LogP contribution in [0.15, 0.2) is 18.2 Å². The summed E-state index contributed by atoms with van der Waals surface area (Å²) in [5, 5.41) is 19.1. The van der Waals surface area contributed by atoms with E-state index in [1.165, 1.54) is 0 Å². The summed E-state index contributed by atoms with van der Waals surface area (Å²) in [6.45, 7) is 2.21. The van der Waals surface area contributed by atoms with Crippen LogP contribution in [0.2, 0.25) is 5.02 Å². The number of nitrogens with zero attached hydrogens (tertiary/aromatic N) is 1. The minimum absolute atomic E-state index is 0.0304. The summed E-state index contributed by atoms with van der Waals surface area (Å²) in [4.78, 5) is 0. The van der Waals surface area contributed by atoms with Crippen LogP contribution in [0, 0.1) is 17.2 Å². The monoisotopic (exact) mass is 280 g/mol. The van der Waals surface area contributed by atoms with E-state index in [9.17, 15) is 5.11 Å². The second-order valence-electron chi connectivity index (χ2n) is 5.08. The van der Waals surface area contributed by atoms with Crippen LogP contribution < -0.4 is 5.73 Å². The van der Waals surface area contributed by atoms with Gasteiger partial charge in [-0.05, 0) is 37.1 Å². The Hall–Kier alpha value is -1.12. The first-order chi connectivity index (χ1) is 9.01. The van der Waals surface area contributed by atoms with Crippen molar-refractivity contribution in [1.82, 2.24) is 0 Å². The fraction of sp³-hybridized carbons (Fsp3) is 0.500. The van der Waals surface area contributed by atoms with Crippen LogP contribution in [0.1, 0.15) is 24.5 Å². The molecule has 1 saturated heterocycles. The lowest BCUT2D eigenvalue weighted by atomic mass is 9.75. The Bertz CT molecular complexity index is 515. The zero-order valence-electron chi connectivity index (χ0n) is 10.8. The van der Waals surface area contributed by atoms with Gasteiger partial charge in [0.25, 0.3) is 0 Å². The third kappa shape index (κ3) is 2.60. The van der Waals surface area contributed by atoms with Gasteiger partial charge in [0.05, 0.1) is 29.9 Å². The molecule has 0 aliphatic carbocycles. The van der Waals surface area contributed by atoms with Gasteiger partial charge in [0.2, 0.25) is 0 Å². The highest BCUT2D eigenvalue weighted by atomic mass is 35.5. The lowest BCUT2D eigenvalue weighted by Crippen LogP contribution is -2.54. The quantitative estimate of drug-likeness (QED) is 0.865. The summed E-state index contributed by atoms with van der Waals surface area (Å²) in [5.74, 6) is -0.136. The molecular weight excluding hydrogens is 264 g/mol. The van der Waals surface area contributed by atoms with Gasteiger partial charge in [0.15, 0.2) is 0 Å². The van der Waals surface area contributed by atoms with Crippen LogP contribution in [-0.4, -0.2) is 24.4 Å². The predicted molar refractivity (Wildman–Crippen MR) is 72.6 cm³/mol. The molecule has 1 aromatic carbocycles. The molecule has 1 heterocycles. The number of nitriles is 1. The maximum absolute atomic E-state index is 9.58. The van der Waals surface area contributed by atoms with Crippen LogP contribution in [0.5, 0.6) is 0 Å². The second kappa shape index (κ2) is 5.48. The molecule has 1 fully saturated rings. The number of hydrogen-bond acceptors (Lipinski definition) is 4. The molecule has 3 N–H and O–H groups in total. The molecule has 3 unspecified atom stereocenters. The highest BCUT2D eigenvalue weighted by Gasteiger charge is 2.42. The molecule has 0 aromatic heterocycles. The second-order valence-corrected chi connectivity index (χ2v) is 5.49. The van der Waals surface area contributed by atoms with E-state index in [4.69, 9.17) is 27.3 Å². The summed E-state index contributed by atoms with van der Waals surface area (Å²) in [7, 11) is 0. The standard InChI is InChI=1S/C14H17ClN2O2/c1-9-4-11(7-18)14(17,8-19-9)12-5-10(6-16)2-3-13(12)15/h2-3,5,9,11,18H,4,7-8,17H2,1H3. The van der Waals surface area contributed by atoms with Crippen molar-refractivity contribution in [3.8, 4) is 6.07 Å². The number of benzene rings is 1. The average molecular weight is 281 g/mol. The molecule has 102 valence electrons. The number of rotatable bonds is 2. The van der Waals surface area contributed by atoms with Crippen LogP contribution in [-0.2, 0) is 10.3 Å². The Morgan fingerprint density at radius 3 is 3.00 bits per heavy atom. The van der Waals surface area contributed by atoms with Gasteiger partial charge in [0.1, 0.15) is 0 Å². The Morgan fingerprint density at radius 2 is 2.37 bits per heavy atom. The summed E-state index contributed by atoms with van der Waals surface area (Å²) < 4.78 is 5.63. The molecule has 1 aliphatic heterocycles. The van der Waals surface area contributed by atoms with E-state index in [0.29, 0.717) is 22.6 Å². The van der Waals surface area contributed by atoms with Crippen molar-refractivity contribution in [3.05, 3.63) is 34.3 Å². The Morgan fingerprint density at radius 1 is 1.63 bits per heavy atom. The fourth-order valence-corrected chi connectivity index (χ4v) is 2.86. The van der Waals surface area contributed by atoms with Crippen LogP contribution in [0.3, 0.4) is 0 Å². The van der Waals surface area contributed by atoms with E-state index in [1.807, 2.05) is 6.92 Å². The van der Waals surface area contributed by atoms with Gasteiger partial charge >= 0.3 is 0 Å². The number of aliphatic hydroxyl groups excluding tert-OH is 1. The zero-order chi connectivity index (χ0) is 14.0. The first-order valence-electron chi connectivity index (χ1n) is 6.22. The molecule has 2 rings (SSSR count). The number of halogens is 1. The van der Waals surface area contributed by atoms with Crippen LogP contribution >= 0.6 is 11.6 Å². The molecule has 5 heteroatoms. The van der Waals surface area contributed by atoms with E-state index < -0.39 is 5.54 Å². The van der Waals surface area contributed by atoms with Crippen molar-refractivity contribution in [1.29, 1.82) is 5.26 Å². The summed E-state index contributed by atoms with van der Waals surface area (Å²) in [5.41, 5.74) is 6.75. The third-order valence-electron chi connectivity index (χ3n) is 3.77. The number of aliphatic hydroxyl groups is 1. The molecular formula is C14H17ClN2O2. The molecule has 0 saturated carbocycles. The highest BCUT2D eigenvalue weighted by Crippen LogP contribution is 2.38. The maximum atomic E-state index is 9.58. The zero-order valence-corrected chi connectivity index (χ0v) is 11.5. The molecule has 0 spiro atoms. The van der Waals surface area contributed by atoms with Crippen molar-refractivity contribution >= 4 is 11.6 Å². The lowest BCUT2D eigenvalue weighted by molar-refractivity contribution is -0.0669. The molecule has 1 aliphatic rings. The molecule has 1 aromatic rings. The normalized spacial score (nSPS) is 30.9. The Kier molecular flexibility index (Phi) is 4.12. The van der Waals surface area contributed by atoms with Crippen molar-refractivity contribution in [2.45, 2.75) is 25.0 Å². The van der Waals surface area contributed by atoms with Crippen LogP contribution in [0.25, 0.3) is 0 Å². The van der Waals surface area contributed by atoms with Gasteiger partial charge in [-0.15, -0.1) is 0 Å². The Balaban J connectivity index is 2.46. The number of nitrogens with two attached hydrogens (primary N) is 1. The summed E-state index contributed by atoms with van der Waals surface area (Å²) in [6.07, 6.45) is 0.729. The SMILES string of the molecule is CC1CC(CO)C(N)(c2cc(C#N)ccc2Cl)CO1. The van der Waals surface area contributed by atoms with Crippen molar-refractivity contribution in [2.24, 2.45) is 11.7 Å². The van der Waals surface area contributed by atoms with Gasteiger partial charge in [-0.1, -0.05) is 11.6 Å². The van der Waals surface area contributed by atoms with Crippen molar-refractivity contribution in [2.75, 3.05) is 13.2 Å². The van der Waals surface area contributed by atoms with E-state index in [2.05, 4.69) is 6.07 Å². The van der Waals surface area contributed by atoms with Gasteiger partial charge < -0.3 is 15.6 Å². The highest BCUT2D eigenvalue weighted by molar-refractivity contribution is 6.31. The molecule has 19 heavy (non-hydrogen) atoms. The Labute approximate surface area is 117 Å². The van der Waals surface area contributed by atoms with Gasteiger partial charge in [-0.25, -0.2) is 0 Å². The van der Waals surface area contributed by atoms with Crippen molar-refractivity contribution in [3.63, 3.8) is 0 Å². The minimum Gasteiger partial charge on any atom is -0.396 e. The maximum Gasteiger partial charge on any atom is 0.0991 e. The summed E-state index contributed by atoms with van der Waals surface area (Å²) in [6, 6.07) is 7.07. The van der Waals surface area contributed by atoms with Gasteiger partial charge in [-0.2, -0.15) is 5.26 Å². The first kappa shape index (κ1) is 14.3. The van der Waals surface area contributed by atoms with Crippen LogP contribution in [0.4, 0.5) is 0 Å². The molecule has 0 amide bonds. The van der Waals surface area contributed by atoms with Gasteiger partial charge in [-0.3, -0.25) is 0 Å². The number of hydrogen-bond donors (Lipinski definition) is 2. The molecule has 0 radical (unpaired) electrons. The first-order valence-corrected chi connectivity index (χ1v) is 6.60. The van der Waals surface area contributed by atoms with E-state index in [1.54, 1.807) is 18.2 Å². The van der Waals surface area contributed by atoms with E-state index in [-0.39, 0.29) is 25.2 Å². The third-order valence-corrected chi connectivity index (χ3v) is 4.10.